The van der Waals surface area contributed by atoms with Crippen LogP contribution in [0.3, 0.4) is 0 Å². The van der Waals surface area contributed by atoms with Crippen molar-refractivity contribution in [1.29, 1.82) is 0 Å². The third kappa shape index (κ3) is 2.62. The monoisotopic (exact) mass is 267 g/mol. The Kier molecular flexibility index (Phi) is 3.53. The molecule has 0 spiro atoms. The van der Waals surface area contributed by atoms with Gasteiger partial charge in [-0.2, -0.15) is 4.98 Å². The molecule has 1 aromatic carbocycles. The van der Waals surface area contributed by atoms with E-state index in [2.05, 4.69) is 10.3 Å². The highest BCUT2D eigenvalue weighted by Crippen LogP contribution is 2.25. The first-order valence-corrected chi connectivity index (χ1v) is 5.50. The van der Waals surface area contributed by atoms with Gasteiger partial charge in [0.05, 0.1) is 17.8 Å². The zero-order valence-electron chi connectivity index (χ0n) is 9.58. The largest absolute Gasteiger partial charge is 0.479 e. The first kappa shape index (κ1) is 12.4. The normalized spacial score (nSPS) is 10.2. The molecule has 6 heteroatoms. The van der Waals surface area contributed by atoms with Crippen LogP contribution in [0.1, 0.15) is 0 Å². The smallest absolute Gasteiger partial charge is 0.238 e. The van der Waals surface area contributed by atoms with Crippen LogP contribution < -0.4 is 15.8 Å². The molecule has 0 radical (unpaired) electrons. The molecule has 0 aliphatic rings. The molecule has 1 heterocycles. The quantitative estimate of drug-likeness (QED) is 0.896. The number of benzene rings is 1. The fourth-order valence-corrected chi connectivity index (χ4v) is 1.59. The standard InChI is InChI=1S/C12H11ClFN3O/c1-18-12-10(15)4-5-11(17-12)16-7-2-3-9(14)8(13)6-7/h2-6H,15H2,1H3,(H,16,17). The van der Waals surface area contributed by atoms with Crippen LogP contribution in [0.2, 0.25) is 5.02 Å². The molecule has 2 rings (SSSR count). The lowest BCUT2D eigenvalue weighted by Gasteiger charge is -2.09. The Morgan fingerprint density at radius 1 is 1.33 bits per heavy atom. The summed E-state index contributed by atoms with van der Waals surface area (Å²) >= 11 is 5.68. The highest BCUT2D eigenvalue weighted by Gasteiger charge is 2.05. The number of methoxy groups -OCH3 is 1. The Morgan fingerprint density at radius 3 is 2.78 bits per heavy atom. The van der Waals surface area contributed by atoms with Gasteiger partial charge in [0.15, 0.2) is 0 Å². The number of nitrogen functional groups attached to an aromatic ring is 1. The Balaban J connectivity index is 2.25. The summed E-state index contributed by atoms with van der Waals surface area (Å²) in [5, 5.41) is 3.02. The van der Waals surface area contributed by atoms with E-state index in [0.29, 0.717) is 23.1 Å². The molecule has 0 unspecified atom stereocenters. The molecule has 0 amide bonds. The zero-order valence-corrected chi connectivity index (χ0v) is 10.3. The minimum absolute atomic E-state index is 0.0439. The van der Waals surface area contributed by atoms with Crippen molar-refractivity contribution in [2.45, 2.75) is 0 Å². The Labute approximate surface area is 109 Å². The lowest BCUT2D eigenvalue weighted by molar-refractivity contribution is 0.401. The van der Waals surface area contributed by atoms with Crippen molar-refractivity contribution >= 4 is 28.8 Å². The number of ether oxygens (including phenoxy) is 1. The van der Waals surface area contributed by atoms with Gasteiger partial charge in [0, 0.05) is 5.69 Å². The van der Waals surface area contributed by atoms with Crippen LogP contribution in [0.5, 0.6) is 5.88 Å². The van der Waals surface area contributed by atoms with Crippen molar-refractivity contribution in [2.75, 3.05) is 18.2 Å². The lowest BCUT2D eigenvalue weighted by atomic mass is 10.3. The summed E-state index contributed by atoms with van der Waals surface area (Å²) in [7, 11) is 1.48. The van der Waals surface area contributed by atoms with E-state index in [1.54, 1.807) is 18.2 Å². The molecule has 94 valence electrons. The van der Waals surface area contributed by atoms with Crippen LogP contribution >= 0.6 is 11.6 Å². The van der Waals surface area contributed by atoms with Gasteiger partial charge in [-0.05, 0) is 30.3 Å². The number of nitrogens with two attached hydrogens (primary N) is 1. The fourth-order valence-electron chi connectivity index (χ4n) is 1.41. The summed E-state index contributed by atoms with van der Waals surface area (Å²) in [6, 6.07) is 7.67. The molecule has 0 aliphatic heterocycles. The molecule has 0 saturated heterocycles. The second-order valence-corrected chi connectivity index (χ2v) is 3.96. The number of hydrogen-bond donors (Lipinski definition) is 2. The van der Waals surface area contributed by atoms with E-state index in [9.17, 15) is 4.39 Å². The van der Waals surface area contributed by atoms with Crippen molar-refractivity contribution < 1.29 is 9.13 Å². The van der Waals surface area contributed by atoms with Gasteiger partial charge in [-0.25, -0.2) is 4.39 Å². The van der Waals surface area contributed by atoms with Gasteiger partial charge in [0.25, 0.3) is 0 Å². The van der Waals surface area contributed by atoms with Gasteiger partial charge in [-0.15, -0.1) is 0 Å². The van der Waals surface area contributed by atoms with Crippen LogP contribution in [-0.2, 0) is 0 Å². The summed E-state index contributed by atoms with van der Waals surface area (Å²) in [6.07, 6.45) is 0. The second kappa shape index (κ2) is 5.10. The van der Waals surface area contributed by atoms with Gasteiger partial charge >= 0.3 is 0 Å². The third-order valence-corrected chi connectivity index (χ3v) is 2.56. The van der Waals surface area contributed by atoms with Crippen molar-refractivity contribution in [2.24, 2.45) is 0 Å². The number of pyridine rings is 1. The summed E-state index contributed by atoms with van der Waals surface area (Å²) in [6.45, 7) is 0. The number of anilines is 3. The van der Waals surface area contributed by atoms with Gasteiger partial charge in [-0.1, -0.05) is 11.6 Å². The van der Waals surface area contributed by atoms with Crippen molar-refractivity contribution in [3.63, 3.8) is 0 Å². The summed E-state index contributed by atoms with van der Waals surface area (Å²) < 4.78 is 18.0. The molecule has 4 nitrogen and oxygen atoms in total. The van der Waals surface area contributed by atoms with E-state index in [0.717, 1.165) is 0 Å². The molecule has 2 aromatic rings. The van der Waals surface area contributed by atoms with Crippen molar-refractivity contribution in [3.05, 3.63) is 41.2 Å². The molecule has 0 aliphatic carbocycles. The van der Waals surface area contributed by atoms with E-state index in [1.165, 1.54) is 19.2 Å². The SMILES string of the molecule is COc1nc(Nc2ccc(F)c(Cl)c2)ccc1N. The van der Waals surface area contributed by atoms with Crippen LogP contribution in [0, 0.1) is 5.82 Å². The van der Waals surface area contributed by atoms with E-state index < -0.39 is 5.82 Å². The van der Waals surface area contributed by atoms with Gasteiger partial charge in [0.1, 0.15) is 11.6 Å². The number of halogens is 2. The molecule has 3 N–H and O–H groups in total. The number of nitrogens with zero attached hydrogens (tertiary/aromatic N) is 1. The van der Waals surface area contributed by atoms with Crippen molar-refractivity contribution in [3.8, 4) is 5.88 Å². The average Bonchev–Trinajstić information content (AvgIpc) is 2.36. The summed E-state index contributed by atoms with van der Waals surface area (Å²) in [5.74, 6) is 0.391. The molecule has 0 fully saturated rings. The summed E-state index contributed by atoms with van der Waals surface area (Å²) in [4.78, 5) is 4.14. The van der Waals surface area contributed by atoms with Gasteiger partial charge < -0.3 is 15.8 Å². The van der Waals surface area contributed by atoms with Gasteiger partial charge in [-0.3, -0.25) is 0 Å². The Hall–Kier alpha value is -2.01. The van der Waals surface area contributed by atoms with Crippen LogP contribution in [0.4, 0.5) is 21.6 Å². The number of rotatable bonds is 3. The number of hydrogen-bond acceptors (Lipinski definition) is 4. The molecule has 0 atom stereocenters. The van der Waals surface area contributed by atoms with E-state index >= 15 is 0 Å². The molecule has 0 saturated carbocycles. The zero-order chi connectivity index (χ0) is 13.1. The minimum atomic E-state index is -0.468. The molecule has 1 aromatic heterocycles. The molecule has 0 bridgehead atoms. The predicted octanol–water partition coefficient (Wildman–Crippen LogP) is 3.21. The van der Waals surface area contributed by atoms with Crippen molar-refractivity contribution in [1.82, 2.24) is 4.98 Å². The third-order valence-electron chi connectivity index (χ3n) is 2.28. The topological polar surface area (TPSA) is 60.2 Å². The maximum Gasteiger partial charge on any atom is 0.238 e. The van der Waals surface area contributed by atoms with Crippen LogP contribution in [0.25, 0.3) is 0 Å². The van der Waals surface area contributed by atoms with E-state index in [4.69, 9.17) is 22.1 Å². The molecular weight excluding hydrogens is 257 g/mol. The molecule has 18 heavy (non-hydrogen) atoms. The maximum atomic E-state index is 13.0. The highest BCUT2D eigenvalue weighted by atomic mass is 35.5. The highest BCUT2D eigenvalue weighted by molar-refractivity contribution is 6.31. The van der Waals surface area contributed by atoms with E-state index in [1.807, 2.05) is 0 Å². The van der Waals surface area contributed by atoms with Gasteiger partial charge in [0.2, 0.25) is 5.88 Å². The fraction of sp³-hybridized carbons (Fsp3) is 0.0833. The lowest BCUT2D eigenvalue weighted by Crippen LogP contribution is -1.99. The maximum absolute atomic E-state index is 13.0. The second-order valence-electron chi connectivity index (χ2n) is 3.55. The Bertz CT molecular complexity index is 577. The minimum Gasteiger partial charge on any atom is -0.479 e. The van der Waals surface area contributed by atoms with E-state index in [-0.39, 0.29) is 5.02 Å². The number of aromatic nitrogens is 1. The molecular formula is C12H11ClFN3O. The number of nitrogens with one attached hydrogen (secondary N) is 1. The predicted molar refractivity (Wildman–Crippen MR) is 69.9 cm³/mol. The average molecular weight is 268 g/mol. The Morgan fingerprint density at radius 2 is 2.11 bits per heavy atom. The first-order valence-electron chi connectivity index (χ1n) is 5.12. The first-order chi connectivity index (χ1) is 8.60. The summed E-state index contributed by atoms with van der Waals surface area (Å²) in [5.41, 5.74) is 6.72. The van der Waals surface area contributed by atoms with Crippen LogP contribution in [-0.4, -0.2) is 12.1 Å². The van der Waals surface area contributed by atoms with Crippen LogP contribution in [0.15, 0.2) is 30.3 Å².